The molecular formula is C21H28N2O7S. The summed E-state index contributed by atoms with van der Waals surface area (Å²) in [5.41, 5.74) is 2.65. The second-order valence-electron chi connectivity index (χ2n) is 8.74. The minimum absolute atomic E-state index is 0.210. The van der Waals surface area contributed by atoms with Crippen LogP contribution in [0.2, 0.25) is 0 Å². The van der Waals surface area contributed by atoms with Gasteiger partial charge < -0.3 is 19.4 Å². The summed E-state index contributed by atoms with van der Waals surface area (Å²) in [6.45, 7) is 4.05. The summed E-state index contributed by atoms with van der Waals surface area (Å²) < 4.78 is 36.5. The maximum atomic E-state index is 12.3. The Kier molecular flexibility index (Phi) is 5.97. The Morgan fingerprint density at radius 1 is 1.23 bits per heavy atom. The molecule has 2 fully saturated rings. The van der Waals surface area contributed by atoms with Crippen LogP contribution in [0.5, 0.6) is 11.5 Å². The van der Waals surface area contributed by atoms with Crippen molar-refractivity contribution in [1.29, 1.82) is 0 Å². The van der Waals surface area contributed by atoms with E-state index in [9.17, 15) is 23.1 Å². The Labute approximate surface area is 182 Å². The summed E-state index contributed by atoms with van der Waals surface area (Å²) >= 11 is 0. The number of nitrogens with zero attached hydrogens (tertiary/aromatic N) is 1. The zero-order valence-electron chi connectivity index (χ0n) is 17.8. The van der Waals surface area contributed by atoms with Crippen LogP contribution in [0, 0.1) is 5.92 Å². The Bertz CT molecular complexity index is 982. The van der Waals surface area contributed by atoms with E-state index < -0.39 is 21.8 Å². The number of ether oxygens (including phenoxy) is 2. The molecule has 5 rings (SSSR count). The van der Waals surface area contributed by atoms with Crippen molar-refractivity contribution in [1.82, 2.24) is 4.90 Å². The summed E-state index contributed by atoms with van der Waals surface area (Å²) in [6.07, 6.45) is 5.50. The molecule has 4 aliphatic heterocycles. The number of rotatable bonds is 2. The van der Waals surface area contributed by atoms with Crippen LogP contribution in [0.4, 0.5) is 0 Å². The maximum absolute atomic E-state index is 12.3. The Morgan fingerprint density at radius 2 is 1.90 bits per heavy atom. The van der Waals surface area contributed by atoms with Crippen molar-refractivity contribution in [3.05, 3.63) is 23.3 Å². The van der Waals surface area contributed by atoms with E-state index in [0.717, 1.165) is 68.0 Å². The average molecular weight is 453 g/mol. The summed E-state index contributed by atoms with van der Waals surface area (Å²) in [7, 11) is -3.07. The molecule has 0 aliphatic carbocycles. The Balaban J connectivity index is 0.000000342. The number of ketones is 1. The normalized spacial score (nSPS) is 29.0. The van der Waals surface area contributed by atoms with Crippen molar-refractivity contribution >= 4 is 21.8 Å². The van der Waals surface area contributed by atoms with Crippen LogP contribution in [0.1, 0.15) is 43.4 Å². The van der Waals surface area contributed by atoms with E-state index in [1.807, 2.05) is 0 Å². The molecule has 0 saturated carbocycles. The van der Waals surface area contributed by atoms with Crippen molar-refractivity contribution in [2.75, 3.05) is 32.7 Å². The molecule has 1 aromatic carbocycles. The zero-order valence-corrected chi connectivity index (χ0v) is 18.6. The van der Waals surface area contributed by atoms with Gasteiger partial charge in [0.05, 0.1) is 12.8 Å². The van der Waals surface area contributed by atoms with Crippen molar-refractivity contribution in [3.63, 3.8) is 0 Å². The minimum atomic E-state index is -3.07. The van der Waals surface area contributed by atoms with Crippen LogP contribution in [0.25, 0.3) is 0 Å². The number of aliphatic carboxylic acids is 1. The number of carboxylic acid groups (broad SMARTS) is 1. The predicted octanol–water partition coefficient (Wildman–Crippen LogP) is -1.33. The van der Waals surface area contributed by atoms with E-state index in [1.54, 1.807) is 0 Å². The third kappa shape index (κ3) is 4.42. The second kappa shape index (κ2) is 8.40. The van der Waals surface area contributed by atoms with Crippen LogP contribution < -0.4 is 18.9 Å². The van der Waals surface area contributed by atoms with Gasteiger partial charge in [0.1, 0.15) is 12.0 Å². The molecule has 1 N–H and O–H groups in total. The van der Waals surface area contributed by atoms with Crippen molar-refractivity contribution in [2.45, 2.75) is 44.7 Å². The van der Waals surface area contributed by atoms with Gasteiger partial charge >= 0.3 is 0 Å². The summed E-state index contributed by atoms with van der Waals surface area (Å²) in [4.78, 5) is 21.3. The van der Waals surface area contributed by atoms with Crippen LogP contribution in [-0.4, -0.2) is 63.8 Å². The molecule has 4 aliphatic rings. The smallest absolute Gasteiger partial charge is 0.292 e. The molecule has 1 unspecified atom stereocenters. The lowest BCUT2D eigenvalue weighted by molar-refractivity contribution is -0.812. The molecule has 1 aromatic rings. The zero-order chi connectivity index (χ0) is 22.3. The molecule has 31 heavy (non-hydrogen) atoms. The van der Waals surface area contributed by atoms with Gasteiger partial charge in [0.2, 0.25) is 6.79 Å². The number of quaternary nitrogens is 1. The molecule has 0 radical (unpaired) electrons. The highest BCUT2D eigenvalue weighted by molar-refractivity contribution is 7.84. The van der Waals surface area contributed by atoms with Crippen molar-refractivity contribution < 1.29 is 36.9 Å². The highest BCUT2D eigenvalue weighted by Crippen LogP contribution is 2.44. The molecule has 4 atom stereocenters. The fourth-order valence-corrected chi connectivity index (χ4v) is 6.72. The quantitative estimate of drug-likeness (QED) is 0.549. The number of nitrogens with one attached hydrogen (secondary N) is 1. The molecule has 2 saturated heterocycles. The first-order valence-corrected chi connectivity index (χ1v) is 12.5. The van der Waals surface area contributed by atoms with Gasteiger partial charge in [-0.1, -0.05) is 0 Å². The number of piperidine rings is 2. The lowest BCUT2D eigenvalue weighted by Gasteiger charge is -2.49. The van der Waals surface area contributed by atoms with E-state index in [0.29, 0.717) is 18.8 Å². The average Bonchev–Trinajstić information content (AvgIpc) is 3.17. The molecule has 0 bridgehead atoms. The Hall–Kier alpha value is -2.17. The summed E-state index contributed by atoms with van der Waals surface area (Å²) in [5, 5.41) is 9.24. The largest absolute Gasteiger partial charge is 0.542 e. The third-order valence-electron chi connectivity index (χ3n) is 6.79. The highest BCUT2D eigenvalue weighted by atomic mass is 32.2. The van der Waals surface area contributed by atoms with Gasteiger partial charge in [-0.05, 0) is 42.5 Å². The first kappa shape index (κ1) is 22.0. The van der Waals surface area contributed by atoms with E-state index in [1.165, 1.54) is 17.4 Å². The van der Waals surface area contributed by atoms with Crippen LogP contribution >= 0.6 is 0 Å². The van der Waals surface area contributed by atoms with Gasteiger partial charge in [-0.25, -0.2) is 4.31 Å². The topological polar surface area (TPSA) is 117 Å². The van der Waals surface area contributed by atoms with E-state index in [-0.39, 0.29) is 6.04 Å². The SMILES string of the molecule is CC(=O)C(=O)[O-].CS(=O)(=O)[NH+]1CCC[C@@H]2CN3CCc4cc5c(cc4[C@@H]3C[C@@H]21)OCO5. The minimum Gasteiger partial charge on any atom is -0.542 e. The Morgan fingerprint density at radius 3 is 2.55 bits per heavy atom. The van der Waals surface area contributed by atoms with Gasteiger partial charge in [-0.15, -0.1) is 0 Å². The van der Waals surface area contributed by atoms with Crippen LogP contribution in [0.15, 0.2) is 12.1 Å². The molecule has 0 amide bonds. The molecule has 4 heterocycles. The fourth-order valence-electron chi connectivity index (χ4n) is 5.37. The summed E-state index contributed by atoms with van der Waals surface area (Å²) in [6, 6.07) is 4.77. The number of carbonyl (C=O) groups is 2. The number of hydrogen-bond acceptors (Lipinski definition) is 8. The lowest BCUT2D eigenvalue weighted by Crippen LogP contribution is -3.19. The summed E-state index contributed by atoms with van der Waals surface area (Å²) in [5.74, 6) is -0.393. The fraction of sp³-hybridized carbons (Fsp3) is 0.619. The van der Waals surface area contributed by atoms with E-state index in [2.05, 4.69) is 17.0 Å². The molecule has 9 nitrogen and oxygen atoms in total. The standard InChI is InChI=1S/C18H24N2O4S.C3H4O3/c1-25(21,22)20-5-2-3-13-10-19-6-4-12-7-17-18(24-11-23-17)8-14(12)16(19)9-15(13)20;1-2(4)3(5)6/h7-8,13,15-16H,2-6,9-11H2,1H3;1H3,(H,5,6)/t13-,15+,16+;/m1./s1. The number of carboxylic acids is 1. The first-order chi connectivity index (χ1) is 14.6. The lowest BCUT2D eigenvalue weighted by atomic mass is 9.77. The third-order valence-corrected chi connectivity index (χ3v) is 8.25. The van der Waals surface area contributed by atoms with Crippen LogP contribution in [-0.2, 0) is 26.0 Å². The second-order valence-corrected chi connectivity index (χ2v) is 10.8. The number of fused-ring (bicyclic) bond motifs is 5. The van der Waals surface area contributed by atoms with Gasteiger partial charge in [-0.3, -0.25) is 9.69 Å². The van der Waals surface area contributed by atoms with Crippen molar-refractivity contribution in [3.8, 4) is 11.5 Å². The van der Waals surface area contributed by atoms with Gasteiger partial charge in [-0.2, -0.15) is 8.42 Å². The van der Waals surface area contributed by atoms with E-state index >= 15 is 0 Å². The number of sulfonamides is 1. The maximum Gasteiger partial charge on any atom is 0.292 e. The molecule has 10 heteroatoms. The molecule has 0 spiro atoms. The van der Waals surface area contributed by atoms with E-state index in [4.69, 9.17) is 9.47 Å². The highest BCUT2D eigenvalue weighted by Gasteiger charge is 2.48. The van der Waals surface area contributed by atoms with Gasteiger partial charge in [0.15, 0.2) is 17.3 Å². The van der Waals surface area contributed by atoms with Gasteiger partial charge in [0.25, 0.3) is 10.0 Å². The monoisotopic (exact) mass is 452 g/mol. The predicted molar refractivity (Wildman–Crippen MR) is 108 cm³/mol. The van der Waals surface area contributed by atoms with Crippen LogP contribution in [0.3, 0.4) is 0 Å². The van der Waals surface area contributed by atoms with Crippen molar-refractivity contribution in [2.24, 2.45) is 5.92 Å². The molecular weight excluding hydrogens is 424 g/mol. The first-order valence-electron chi connectivity index (χ1n) is 10.6. The molecule has 170 valence electrons. The number of benzene rings is 1. The number of hydrogen-bond donors (Lipinski definition) is 1. The molecule has 0 aromatic heterocycles. The number of carbonyl (C=O) groups excluding carboxylic acids is 2. The number of Topliss-reactive ketones (excluding diaryl/α,β-unsaturated/α-hetero) is 1. The van der Waals surface area contributed by atoms with Gasteiger partial charge in [0, 0.05) is 38.4 Å².